The summed E-state index contributed by atoms with van der Waals surface area (Å²) in [6.45, 7) is 11.3. The first-order chi connectivity index (χ1) is 13.3. The molecule has 1 aromatic carbocycles. The first-order valence-corrected chi connectivity index (χ1v) is 9.70. The highest BCUT2D eigenvalue weighted by molar-refractivity contribution is 5.92. The number of aryl methyl sites for hydroxylation is 2. The summed E-state index contributed by atoms with van der Waals surface area (Å²) in [5.41, 5.74) is 2.02. The Labute approximate surface area is 165 Å². The second kappa shape index (κ2) is 8.65. The van der Waals surface area contributed by atoms with Crippen LogP contribution in [0.3, 0.4) is 0 Å². The lowest BCUT2D eigenvalue weighted by Gasteiger charge is -2.35. The standard InChI is InChI=1S/C21H28FN5O/c1-14(2)21-23-16(4)12-19(25-21)27-9-7-26(8-10-27)13-20(28)24-18-6-5-15(3)11-17(18)22/h5-6,11-12,14H,7-10,13H2,1-4H3,(H,24,28). The summed E-state index contributed by atoms with van der Waals surface area (Å²) in [6, 6.07) is 6.81. The molecule has 150 valence electrons. The van der Waals surface area contributed by atoms with Gasteiger partial charge in [0.2, 0.25) is 5.91 Å². The van der Waals surface area contributed by atoms with Gasteiger partial charge in [0.1, 0.15) is 17.5 Å². The summed E-state index contributed by atoms with van der Waals surface area (Å²) in [5.74, 6) is 1.49. The van der Waals surface area contributed by atoms with Gasteiger partial charge in [-0.15, -0.1) is 0 Å². The molecule has 0 aliphatic carbocycles. The van der Waals surface area contributed by atoms with Crippen molar-refractivity contribution >= 4 is 17.4 Å². The lowest BCUT2D eigenvalue weighted by molar-refractivity contribution is -0.117. The number of nitrogens with one attached hydrogen (secondary N) is 1. The molecule has 1 N–H and O–H groups in total. The zero-order valence-corrected chi connectivity index (χ0v) is 17.0. The molecule has 0 spiro atoms. The summed E-state index contributed by atoms with van der Waals surface area (Å²) in [7, 11) is 0. The monoisotopic (exact) mass is 385 g/mol. The summed E-state index contributed by atoms with van der Waals surface area (Å²) in [6.07, 6.45) is 0. The number of rotatable bonds is 5. The molecule has 1 aliphatic rings. The summed E-state index contributed by atoms with van der Waals surface area (Å²) >= 11 is 0. The summed E-state index contributed by atoms with van der Waals surface area (Å²) < 4.78 is 13.9. The molecule has 2 aromatic rings. The van der Waals surface area contributed by atoms with Crippen LogP contribution in [0.5, 0.6) is 0 Å². The number of nitrogens with zero attached hydrogens (tertiary/aromatic N) is 4. The molecule has 3 rings (SSSR count). The Kier molecular flexibility index (Phi) is 6.24. The van der Waals surface area contributed by atoms with Gasteiger partial charge in [-0.05, 0) is 31.5 Å². The van der Waals surface area contributed by atoms with Crippen molar-refractivity contribution in [2.24, 2.45) is 0 Å². The molecule has 1 amide bonds. The van der Waals surface area contributed by atoms with Crippen molar-refractivity contribution in [1.29, 1.82) is 0 Å². The van der Waals surface area contributed by atoms with E-state index in [4.69, 9.17) is 4.98 Å². The Morgan fingerprint density at radius 3 is 2.50 bits per heavy atom. The zero-order chi connectivity index (χ0) is 20.3. The van der Waals surface area contributed by atoms with Gasteiger partial charge in [-0.1, -0.05) is 19.9 Å². The minimum atomic E-state index is -0.404. The van der Waals surface area contributed by atoms with Gasteiger partial charge in [0, 0.05) is 43.9 Å². The van der Waals surface area contributed by atoms with E-state index in [-0.39, 0.29) is 24.1 Å². The van der Waals surface area contributed by atoms with Gasteiger partial charge >= 0.3 is 0 Å². The fourth-order valence-electron chi connectivity index (χ4n) is 3.24. The average Bonchev–Trinajstić information content (AvgIpc) is 2.64. The van der Waals surface area contributed by atoms with E-state index < -0.39 is 5.82 Å². The second-order valence-electron chi connectivity index (χ2n) is 7.68. The predicted octanol–water partition coefficient (Wildman–Crippen LogP) is 3.12. The maximum Gasteiger partial charge on any atom is 0.238 e. The largest absolute Gasteiger partial charge is 0.354 e. The van der Waals surface area contributed by atoms with Gasteiger partial charge in [-0.25, -0.2) is 14.4 Å². The second-order valence-corrected chi connectivity index (χ2v) is 7.68. The number of benzene rings is 1. The van der Waals surface area contributed by atoms with E-state index in [0.29, 0.717) is 0 Å². The molecule has 28 heavy (non-hydrogen) atoms. The van der Waals surface area contributed by atoms with E-state index in [9.17, 15) is 9.18 Å². The molecule has 0 atom stereocenters. The topological polar surface area (TPSA) is 61.4 Å². The van der Waals surface area contributed by atoms with E-state index in [1.807, 2.05) is 19.9 Å². The van der Waals surface area contributed by atoms with Crippen LogP contribution in [0, 0.1) is 19.7 Å². The smallest absolute Gasteiger partial charge is 0.238 e. The normalized spacial score (nSPS) is 15.1. The number of amides is 1. The van der Waals surface area contributed by atoms with Crippen LogP contribution < -0.4 is 10.2 Å². The predicted molar refractivity (Wildman–Crippen MR) is 109 cm³/mol. The van der Waals surface area contributed by atoms with E-state index >= 15 is 0 Å². The van der Waals surface area contributed by atoms with Crippen LogP contribution in [0.2, 0.25) is 0 Å². The van der Waals surface area contributed by atoms with Crippen molar-refractivity contribution in [3.8, 4) is 0 Å². The maximum atomic E-state index is 13.9. The van der Waals surface area contributed by atoms with E-state index in [0.717, 1.165) is 49.1 Å². The minimum absolute atomic E-state index is 0.198. The number of hydrogen-bond donors (Lipinski definition) is 1. The molecular formula is C21H28FN5O. The van der Waals surface area contributed by atoms with Gasteiger partial charge in [0.15, 0.2) is 0 Å². The van der Waals surface area contributed by atoms with Crippen molar-refractivity contribution in [2.45, 2.75) is 33.6 Å². The van der Waals surface area contributed by atoms with Crippen LogP contribution in [0.25, 0.3) is 0 Å². The Morgan fingerprint density at radius 1 is 1.14 bits per heavy atom. The molecule has 1 aliphatic heterocycles. The third kappa shape index (κ3) is 5.04. The highest BCUT2D eigenvalue weighted by Crippen LogP contribution is 2.19. The SMILES string of the molecule is Cc1ccc(NC(=O)CN2CCN(c3cc(C)nc(C(C)C)n3)CC2)c(F)c1. The highest BCUT2D eigenvalue weighted by atomic mass is 19.1. The van der Waals surface area contributed by atoms with Crippen LogP contribution in [0.4, 0.5) is 15.9 Å². The number of hydrogen-bond acceptors (Lipinski definition) is 5. The molecule has 0 saturated carbocycles. The first-order valence-electron chi connectivity index (χ1n) is 9.70. The van der Waals surface area contributed by atoms with Crippen molar-refractivity contribution in [2.75, 3.05) is 42.9 Å². The Balaban J connectivity index is 1.55. The number of aromatic nitrogens is 2. The molecule has 0 radical (unpaired) electrons. The van der Waals surface area contributed by atoms with Crippen molar-refractivity contribution < 1.29 is 9.18 Å². The molecule has 0 unspecified atom stereocenters. The molecular weight excluding hydrogens is 357 g/mol. The molecule has 1 fully saturated rings. The number of anilines is 2. The average molecular weight is 385 g/mol. The quantitative estimate of drug-likeness (QED) is 0.857. The summed E-state index contributed by atoms with van der Waals surface area (Å²) in [4.78, 5) is 25.8. The Bertz CT molecular complexity index is 847. The molecule has 0 bridgehead atoms. The van der Waals surface area contributed by atoms with Crippen molar-refractivity contribution in [3.63, 3.8) is 0 Å². The van der Waals surface area contributed by atoms with Crippen molar-refractivity contribution in [1.82, 2.24) is 14.9 Å². The Morgan fingerprint density at radius 2 is 1.86 bits per heavy atom. The Hall–Kier alpha value is -2.54. The van der Waals surface area contributed by atoms with E-state index in [1.54, 1.807) is 12.1 Å². The van der Waals surface area contributed by atoms with E-state index in [2.05, 4.69) is 33.9 Å². The van der Waals surface area contributed by atoms with Crippen LogP contribution >= 0.6 is 0 Å². The first kappa shape index (κ1) is 20.2. The van der Waals surface area contributed by atoms with Crippen molar-refractivity contribution in [3.05, 3.63) is 47.2 Å². The molecule has 2 heterocycles. The van der Waals surface area contributed by atoms with Crippen LogP contribution in [-0.4, -0.2) is 53.5 Å². The van der Waals surface area contributed by atoms with Gasteiger partial charge in [0.25, 0.3) is 0 Å². The molecule has 1 saturated heterocycles. The third-order valence-electron chi connectivity index (χ3n) is 4.84. The summed E-state index contributed by atoms with van der Waals surface area (Å²) in [5, 5.41) is 2.67. The molecule has 7 heteroatoms. The van der Waals surface area contributed by atoms with Crippen LogP contribution in [-0.2, 0) is 4.79 Å². The third-order valence-corrected chi connectivity index (χ3v) is 4.84. The van der Waals surface area contributed by atoms with Crippen LogP contribution in [0.1, 0.15) is 36.8 Å². The van der Waals surface area contributed by atoms with Gasteiger partial charge in [0.05, 0.1) is 12.2 Å². The number of piperazine rings is 1. The number of carbonyl (C=O) groups is 1. The highest BCUT2D eigenvalue weighted by Gasteiger charge is 2.21. The lowest BCUT2D eigenvalue weighted by Crippen LogP contribution is -2.49. The van der Waals surface area contributed by atoms with Gasteiger partial charge in [-0.3, -0.25) is 9.69 Å². The van der Waals surface area contributed by atoms with Crippen LogP contribution in [0.15, 0.2) is 24.3 Å². The fraction of sp³-hybridized carbons (Fsp3) is 0.476. The number of carbonyl (C=O) groups excluding carboxylic acids is 1. The van der Waals surface area contributed by atoms with Gasteiger partial charge in [-0.2, -0.15) is 0 Å². The number of halogens is 1. The van der Waals surface area contributed by atoms with Gasteiger partial charge < -0.3 is 10.2 Å². The lowest BCUT2D eigenvalue weighted by atomic mass is 10.2. The van der Waals surface area contributed by atoms with E-state index in [1.165, 1.54) is 6.07 Å². The molecule has 1 aromatic heterocycles. The maximum absolute atomic E-state index is 13.9. The molecule has 6 nitrogen and oxygen atoms in total. The zero-order valence-electron chi connectivity index (χ0n) is 17.0. The fourth-order valence-corrected chi connectivity index (χ4v) is 3.24. The minimum Gasteiger partial charge on any atom is -0.354 e.